The van der Waals surface area contributed by atoms with E-state index in [2.05, 4.69) is 13.2 Å². The van der Waals surface area contributed by atoms with Gasteiger partial charge in [-0.25, -0.2) is 0 Å². The predicted octanol–water partition coefficient (Wildman–Crippen LogP) is 2.49. The summed E-state index contributed by atoms with van der Waals surface area (Å²) in [5.74, 6) is 0. The number of benzene rings is 2. The zero-order chi connectivity index (χ0) is 18.7. The zero-order valence-electron chi connectivity index (χ0n) is 16.2. The molecule has 0 aliphatic carbocycles. The van der Waals surface area contributed by atoms with Crippen molar-refractivity contribution in [3.05, 3.63) is 108 Å². The molecule has 2 aromatic rings. The van der Waals surface area contributed by atoms with Gasteiger partial charge in [0.15, 0.2) is 0 Å². The standard InChI is InChI=1S/C16H14O3S.C5H8.Na.H/c17-20(18,19)16(13-15-9-5-2-6-10-15)12-11-14-7-3-1-4-8-14;1-4-5(2)3;;/h1-13H,(H,17,18,19);4H,1-2H2,3H3;;/q;;+1;-1. The quantitative estimate of drug-likeness (QED) is 0.494. The first kappa shape index (κ1) is 24.3. The van der Waals surface area contributed by atoms with Gasteiger partial charge in [-0.05, 0) is 30.2 Å². The molecule has 0 fully saturated rings. The molecule has 0 amide bonds. The monoisotopic (exact) mass is 378 g/mol. The van der Waals surface area contributed by atoms with Crippen molar-refractivity contribution in [2.45, 2.75) is 6.92 Å². The van der Waals surface area contributed by atoms with Gasteiger partial charge < -0.3 is 1.43 Å². The molecule has 3 nitrogen and oxygen atoms in total. The molecule has 0 aliphatic heterocycles. The van der Waals surface area contributed by atoms with Crippen LogP contribution in [0.5, 0.6) is 0 Å². The molecular weight excluding hydrogens is 355 g/mol. The smallest absolute Gasteiger partial charge is 1.00 e. The summed E-state index contributed by atoms with van der Waals surface area (Å²) in [6.45, 7) is 8.93. The Labute approximate surface area is 180 Å². The number of allylic oxidation sites excluding steroid dienone is 3. The maximum atomic E-state index is 11.4. The van der Waals surface area contributed by atoms with Crippen LogP contribution in [-0.2, 0) is 10.1 Å². The minimum absolute atomic E-state index is 0. The summed E-state index contributed by atoms with van der Waals surface area (Å²) in [6, 6.07) is 18.2. The molecule has 0 bridgehead atoms. The van der Waals surface area contributed by atoms with Crippen LogP contribution >= 0.6 is 0 Å². The third kappa shape index (κ3) is 10.3. The zero-order valence-corrected chi connectivity index (χ0v) is 18.0. The molecular formula is C21H23NaO3S. The molecule has 0 aliphatic rings. The Morgan fingerprint density at radius 3 is 1.81 bits per heavy atom. The Bertz CT molecular complexity index is 859. The van der Waals surface area contributed by atoms with Gasteiger partial charge in [-0.2, -0.15) is 8.42 Å². The normalized spacial score (nSPS) is 11.1. The van der Waals surface area contributed by atoms with Crippen LogP contribution in [-0.4, -0.2) is 13.0 Å². The summed E-state index contributed by atoms with van der Waals surface area (Å²) in [6.07, 6.45) is 6.18. The first-order valence-corrected chi connectivity index (χ1v) is 9.02. The third-order valence-corrected chi connectivity index (χ3v) is 3.84. The molecule has 0 saturated heterocycles. The third-order valence-electron chi connectivity index (χ3n) is 2.99. The Hall–Kier alpha value is -1.69. The summed E-state index contributed by atoms with van der Waals surface area (Å²) in [7, 11) is -4.26. The molecule has 132 valence electrons. The van der Waals surface area contributed by atoms with Crippen molar-refractivity contribution in [1.29, 1.82) is 0 Å². The molecule has 0 heterocycles. The summed E-state index contributed by atoms with van der Waals surface area (Å²) in [5.41, 5.74) is 2.58. The van der Waals surface area contributed by atoms with E-state index >= 15 is 0 Å². The average molecular weight is 378 g/mol. The second-order valence-electron chi connectivity index (χ2n) is 5.23. The second-order valence-corrected chi connectivity index (χ2v) is 6.65. The van der Waals surface area contributed by atoms with Gasteiger partial charge in [0.2, 0.25) is 0 Å². The molecule has 0 atom stereocenters. The topological polar surface area (TPSA) is 54.4 Å². The molecule has 0 spiro atoms. The Kier molecular flexibility index (Phi) is 11.8. The van der Waals surface area contributed by atoms with Gasteiger partial charge in [-0.15, -0.1) is 0 Å². The molecule has 2 rings (SSSR count). The van der Waals surface area contributed by atoms with Crippen LogP contribution in [0.25, 0.3) is 12.2 Å². The van der Waals surface area contributed by atoms with Crippen LogP contribution in [0.15, 0.2) is 96.5 Å². The fourth-order valence-electron chi connectivity index (χ4n) is 1.66. The minimum Gasteiger partial charge on any atom is -1.00 e. The van der Waals surface area contributed by atoms with Crippen molar-refractivity contribution in [2.75, 3.05) is 0 Å². The summed E-state index contributed by atoms with van der Waals surface area (Å²) in [5, 5.41) is 0. The van der Waals surface area contributed by atoms with Crippen molar-refractivity contribution in [2.24, 2.45) is 0 Å². The molecule has 5 heteroatoms. The molecule has 26 heavy (non-hydrogen) atoms. The van der Waals surface area contributed by atoms with Crippen LogP contribution in [0.2, 0.25) is 0 Å². The summed E-state index contributed by atoms with van der Waals surface area (Å²) >= 11 is 0. The van der Waals surface area contributed by atoms with E-state index in [9.17, 15) is 13.0 Å². The molecule has 0 radical (unpaired) electrons. The molecule has 1 N–H and O–H groups in total. The fourth-order valence-corrected chi connectivity index (χ4v) is 2.19. The number of hydrogen-bond donors (Lipinski definition) is 1. The van der Waals surface area contributed by atoms with E-state index < -0.39 is 10.1 Å². The van der Waals surface area contributed by atoms with Crippen LogP contribution in [0, 0.1) is 0 Å². The maximum absolute atomic E-state index is 11.4. The molecule has 0 unspecified atom stereocenters. The predicted molar refractivity (Wildman–Crippen MR) is 108 cm³/mol. The second kappa shape index (κ2) is 12.6. The van der Waals surface area contributed by atoms with E-state index in [0.29, 0.717) is 5.56 Å². The maximum Gasteiger partial charge on any atom is 1.00 e. The fraction of sp³-hybridized carbons (Fsp3) is 0.0476. The largest absolute Gasteiger partial charge is 1.00 e. The van der Waals surface area contributed by atoms with Crippen LogP contribution in [0.1, 0.15) is 19.5 Å². The van der Waals surface area contributed by atoms with Crippen molar-refractivity contribution >= 4 is 22.3 Å². The van der Waals surface area contributed by atoms with Gasteiger partial charge in [0, 0.05) is 0 Å². The van der Waals surface area contributed by atoms with E-state index in [0.717, 1.165) is 11.1 Å². The summed E-state index contributed by atoms with van der Waals surface area (Å²) in [4.78, 5) is -0.146. The summed E-state index contributed by atoms with van der Waals surface area (Å²) < 4.78 is 32.1. The van der Waals surface area contributed by atoms with Crippen LogP contribution in [0.4, 0.5) is 0 Å². The van der Waals surface area contributed by atoms with Gasteiger partial charge in [0.25, 0.3) is 10.1 Å². The van der Waals surface area contributed by atoms with Gasteiger partial charge in [0.1, 0.15) is 0 Å². The number of hydrogen-bond acceptors (Lipinski definition) is 2. The van der Waals surface area contributed by atoms with Gasteiger partial charge >= 0.3 is 29.6 Å². The first-order chi connectivity index (χ1) is 11.8. The molecule has 0 saturated carbocycles. The Morgan fingerprint density at radius 2 is 1.42 bits per heavy atom. The minimum atomic E-state index is -4.26. The molecule has 2 aromatic carbocycles. The van der Waals surface area contributed by atoms with Crippen molar-refractivity contribution in [1.82, 2.24) is 0 Å². The molecule has 0 aromatic heterocycles. The van der Waals surface area contributed by atoms with Crippen molar-refractivity contribution in [3.8, 4) is 0 Å². The van der Waals surface area contributed by atoms with E-state index in [1.807, 2.05) is 43.3 Å². The Morgan fingerprint density at radius 1 is 1.00 bits per heavy atom. The Balaban J connectivity index is 0. The van der Waals surface area contributed by atoms with Crippen molar-refractivity contribution in [3.63, 3.8) is 0 Å². The number of rotatable bonds is 5. The van der Waals surface area contributed by atoms with E-state index in [-0.39, 0.29) is 35.9 Å². The SMILES string of the molecule is C=CC(=C)C.O=S(=O)(O)C(C=Cc1ccccc1)=Cc1ccccc1.[H-].[Na+]. The van der Waals surface area contributed by atoms with Gasteiger partial charge in [-0.3, -0.25) is 4.55 Å². The van der Waals surface area contributed by atoms with Crippen molar-refractivity contribution < 1.29 is 44.0 Å². The first-order valence-electron chi connectivity index (χ1n) is 7.58. The van der Waals surface area contributed by atoms with E-state index in [1.54, 1.807) is 36.4 Å². The van der Waals surface area contributed by atoms with Crippen LogP contribution in [0.3, 0.4) is 0 Å². The van der Waals surface area contributed by atoms with Gasteiger partial charge in [-0.1, -0.05) is 91.5 Å². The van der Waals surface area contributed by atoms with Gasteiger partial charge in [0.05, 0.1) is 4.91 Å². The average Bonchev–Trinajstić information content (AvgIpc) is 2.60. The van der Waals surface area contributed by atoms with Crippen LogP contribution < -0.4 is 29.6 Å². The van der Waals surface area contributed by atoms with E-state index in [1.165, 1.54) is 12.2 Å². The van der Waals surface area contributed by atoms with E-state index in [4.69, 9.17) is 0 Å².